The second kappa shape index (κ2) is 4.82. The van der Waals surface area contributed by atoms with Gasteiger partial charge in [0.05, 0.1) is 0 Å². The van der Waals surface area contributed by atoms with Crippen molar-refractivity contribution >= 4 is 5.78 Å². The van der Waals surface area contributed by atoms with Crippen molar-refractivity contribution < 1.29 is 14.3 Å². The number of hydrogen-bond donors (Lipinski definition) is 1. The van der Waals surface area contributed by atoms with E-state index >= 15 is 0 Å². The zero-order chi connectivity index (χ0) is 9.68. The maximum atomic E-state index is 10.9. The highest BCUT2D eigenvalue weighted by Gasteiger charge is 2.05. The van der Waals surface area contributed by atoms with Crippen LogP contribution in [0.15, 0.2) is 16.5 Å². The molecule has 1 aromatic heterocycles. The molecule has 0 unspecified atom stereocenters. The lowest BCUT2D eigenvalue weighted by Gasteiger charge is -1.94. The summed E-state index contributed by atoms with van der Waals surface area (Å²) in [5.74, 6) is 1.19. The van der Waals surface area contributed by atoms with E-state index < -0.39 is 0 Å². The Morgan fingerprint density at radius 1 is 1.46 bits per heavy atom. The maximum Gasteiger partial charge on any atom is 0.194 e. The van der Waals surface area contributed by atoms with Gasteiger partial charge in [-0.3, -0.25) is 4.79 Å². The van der Waals surface area contributed by atoms with Gasteiger partial charge in [-0.1, -0.05) is 0 Å². The fraction of sp³-hybridized carbons (Fsp3) is 0.500. The number of rotatable bonds is 5. The van der Waals surface area contributed by atoms with E-state index in [4.69, 9.17) is 9.52 Å². The van der Waals surface area contributed by atoms with Crippen molar-refractivity contribution in [3.8, 4) is 0 Å². The molecule has 0 bridgehead atoms. The van der Waals surface area contributed by atoms with Gasteiger partial charge in [-0.2, -0.15) is 0 Å². The first-order valence-electron chi connectivity index (χ1n) is 4.44. The Labute approximate surface area is 77.4 Å². The highest BCUT2D eigenvalue weighted by Crippen LogP contribution is 2.11. The van der Waals surface area contributed by atoms with Gasteiger partial charge in [0.2, 0.25) is 0 Å². The molecule has 3 heteroatoms. The molecule has 3 nitrogen and oxygen atoms in total. The summed E-state index contributed by atoms with van der Waals surface area (Å²) >= 11 is 0. The molecule has 13 heavy (non-hydrogen) atoms. The molecule has 0 radical (unpaired) electrons. The fourth-order valence-corrected chi connectivity index (χ4v) is 1.11. The molecule has 1 N–H and O–H groups in total. The molecule has 1 rings (SSSR count). The second-order valence-electron chi connectivity index (χ2n) is 3.00. The van der Waals surface area contributed by atoms with Crippen LogP contribution in [-0.2, 0) is 6.42 Å². The van der Waals surface area contributed by atoms with Crippen LogP contribution >= 0.6 is 0 Å². The first-order chi connectivity index (χ1) is 6.24. The maximum absolute atomic E-state index is 10.9. The molecule has 0 saturated carbocycles. The lowest BCUT2D eigenvalue weighted by atomic mass is 10.2. The quantitative estimate of drug-likeness (QED) is 0.558. The Hall–Kier alpha value is -1.09. The molecule has 1 aromatic rings. The Kier molecular flexibility index (Phi) is 3.71. The molecule has 0 aliphatic heterocycles. The van der Waals surface area contributed by atoms with Gasteiger partial charge >= 0.3 is 0 Å². The third-order valence-electron chi connectivity index (χ3n) is 1.84. The minimum atomic E-state index is -0.0478. The number of carbonyl (C=O) groups excluding carboxylic acids is 1. The molecule has 0 spiro atoms. The predicted octanol–water partition coefficient (Wildman–Crippen LogP) is 1.80. The topological polar surface area (TPSA) is 50.4 Å². The van der Waals surface area contributed by atoms with E-state index in [1.54, 1.807) is 6.07 Å². The summed E-state index contributed by atoms with van der Waals surface area (Å²) in [5, 5.41) is 8.55. The number of furan rings is 1. The summed E-state index contributed by atoms with van der Waals surface area (Å²) in [6.07, 6.45) is 2.45. The molecule has 0 amide bonds. The largest absolute Gasteiger partial charge is 0.458 e. The van der Waals surface area contributed by atoms with Crippen LogP contribution in [-0.4, -0.2) is 17.5 Å². The zero-order valence-corrected chi connectivity index (χ0v) is 7.75. The highest BCUT2D eigenvalue weighted by molar-refractivity contribution is 5.91. The van der Waals surface area contributed by atoms with Gasteiger partial charge in [-0.05, 0) is 25.0 Å². The van der Waals surface area contributed by atoms with E-state index in [2.05, 4.69) is 0 Å². The van der Waals surface area contributed by atoms with Crippen LogP contribution in [0, 0.1) is 0 Å². The van der Waals surface area contributed by atoms with Gasteiger partial charge in [0.15, 0.2) is 11.5 Å². The third-order valence-corrected chi connectivity index (χ3v) is 1.84. The summed E-state index contributed by atoms with van der Waals surface area (Å²) < 4.78 is 5.26. The lowest BCUT2D eigenvalue weighted by Crippen LogP contribution is -1.88. The van der Waals surface area contributed by atoms with Crippen LogP contribution in [0.5, 0.6) is 0 Å². The van der Waals surface area contributed by atoms with Crippen molar-refractivity contribution in [3.63, 3.8) is 0 Å². The Balaban J connectivity index is 2.44. The third kappa shape index (κ3) is 3.03. The van der Waals surface area contributed by atoms with E-state index in [0.29, 0.717) is 5.76 Å². The molecular formula is C10H14O3. The normalized spacial score (nSPS) is 10.3. The highest BCUT2D eigenvalue weighted by atomic mass is 16.3. The van der Waals surface area contributed by atoms with Crippen LogP contribution in [0.1, 0.15) is 36.1 Å². The predicted molar refractivity (Wildman–Crippen MR) is 48.7 cm³/mol. The lowest BCUT2D eigenvalue weighted by molar-refractivity contribution is 0.0985. The van der Waals surface area contributed by atoms with E-state index in [1.807, 2.05) is 6.07 Å². The van der Waals surface area contributed by atoms with Gasteiger partial charge < -0.3 is 9.52 Å². The van der Waals surface area contributed by atoms with Gasteiger partial charge in [0, 0.05) is 20.0 Å². The minimum absolute atomic E-state index is 0.0478. The average molecular weight is 182 g/mol. The molecule has 0 atom stereocenters. The summed E-state index contributed by atoms with van der Waals surface area (Å²) in [5.41, 5.74) is 0. The molecule has 1 heterocycles. The second-order valence-corrected chi connectivity index (χ2v) is 3.00. The monoisotopic (exact) mass is 182 g/mol. The summed E-state index contributed by atoms with van der Waals surface area (Å²) in [6.45, 7) is 1.69. The number of ketones is 1. The van der Waals surface area contributed by atoms with Crippen molar-refractivity contribution in [3.05, 3.63) is 23.7 Å². The van der Waals surface area contributed by atoms with Crippen molar-refractivity contribution in [1.82, 2.24) is 0 Å². The molecule has 0 aliphatic rings. The van der Waals surface area contributed by atoms with E-state index in [1.165, 1.54) is 6.92 Å². The Bertz CT molecular complexity index is 275. The minimum Gasteiger partial charge on any atom is -0.458 e. The number of carbonyl (C=O) groups is 1. The van der Waals surface area contributed by atoms with Crippen molar-refractivity contribution in [2.24, 2.45) is 0 Å². The van der Waals surface area contributed by atoms with Crippen LogP contribution in [0.4, 0.5) is 0 Å². The van der Waals surface area contributed by atoms with Gasteiger partial charge in [-0.25, -0.2) is 0 Å². The Morgan fingerprint density at radius 2 is 2.23 bits per heavy atom. The van der Waals surface area contributed by atoms with Gasteiger partial charge in [-0.15, -0.1) is 0 Å². The smallest absolute Gasteiger partial charge is 0.194 e. The molecule has 0 saturated heterocycles. The number of aryl methyl sites for hydroxylation is 1. The average Bonchev–Trinajstić information content (AvgIpc) is 2.53. The summed E-state index contributed by atoms with van der Waals surface area (Å²) in [7, 11) is 0. The van der Waals surface area contributed by atoms with Crippen LogP contribution < -0.4 is 0 Å². The molecule has 0 aromatic carbocycles. The van der Waals surface area contributed by atoms with Crippen LogP contribution in [0.25, 0.3) is 0 Å². The van der Waals surface area contributed by atoms with Crippen molar-refractivity contribution in [2.45, 2.75) is 26.2 Å². The molecule has 0 fully saturated rings. The van der Waals surface area contributed by atoms with Crippen LogP contribution in [0.3, 0.4) is 0 Å². The standard InChI is InChI=1S/C10H14O3/c1-8(12)10-6-5-9(13-10)4-2-3-7-11/h5-6,11H,2-4,7H2,1H3. The molecular weight excluding hydrogens is 168 g/mol. The first-order valence-corrected chi connectivity index (χ1v) is 4.44. The van der Waals surface area contributed by atoms with Crippen LogP contribution in [0.2, 0.25) is 0 Å². The van der Waals surface area contributed by atoms with E-state index in [9.17, 15) is 4.79 Å². The van der Waals surface area contributed by atoms with Gasteiger partial charge in [0.25, 0.3) is 0 Å². The summed E-state index contributed by atoms with van der Waals surface area (Å²) in [6, 6.07) is 3.50. The fourth-order valence-electron chi connectivity index (χ4n) is 1.11. The molecule has 0 aliphatic carbocycles. The number of Topliss-reactive ketones (excluding diaryl/α,β-unsaturated/α-hetero) is 1. The van der Waals surface area contributed by atoms with E-state index in [-0.39, 0.29) is 12.4 Å². The van der Waals surface area contributed by atoms with Crippen molar-refractivity contribution in [1.29, 1.82) is 0 Å². The van der Waals surface area contributed by atoms with Gasteiger partial charge in [0.1, 0.15) is 5.76 Å². The zero-order valence-electron chi connectivity index (χ0n) is 7.75. The summed E-state index contributed by atoms with van der Waals surface area (Å²) in [4.78, 5) is 10.9. The number of hydrogen-bond acceptors (Lipinski definition) is 3. The SMILES string of the molecule is CC(=O)c1ccc(CCCCO)o1. The van der Waals surface area contributed by atoms with E-state index in [0.717, 1.165) is 25.0 Å². The molecule has 72 valence electrons. The first kappa shape index (κ1) is 9.99. The number of aliphatic hydroxyl groups excluding tert-OH is 1. The number of unbranched alkanes of at least 4 members (excludes halogenated alkanes) is 1. The number of aliphatic hydroxyl groups is 1. The van der Waals surface area contributed by atoms with Crippen molar-refractivity contribution in [2.75, 3.05) is 6.61 Å². The Morgan fingerprint density at radius 3 is 2.77 bits per heavy atom.